The van der Waals surface area contributed by atoms with Gasteiger partial charge in [-0.2, -0.15) is 0 Å². The Hall–Kier alpha value is -2.15. The molecule has 3 aromatic rings. The summed E-state index contributed by atoms with van der Waals surface area (Å²) in [5.41, 5.74) is 2.46. The topological polar surface area (TPSA) is 74.8 Å². The molecule has 0 atom stereocenters. The summed E-state index contributed by atoms with van der Waals surface area (Å²) in [6, 6.07) is 7.93. The van der Waals surface area contributed by atoms with Crippen LogP contribution in [0.4, 0.5) is 0 Å². The smallest absolute Gasteiger partial charge is 0.233 e. The molecule has 0 fully saturated rings. The number of amides is 1. The van der Waals surface area contributed by atoms with Crippen LogP contribution in [0.2, 0.25) is 0 Å². The first kappa shape index (κ1) is 18.6. The molecule has 1 amide bonds. The van der Waals surface area contributed by atoms with E-state index in [1.165, 1.54) is 11.8 Å². The number of rotatable bonds is 7. The van der Waals surface area contributed by atoms with E-state index in [0.29, 0.717) is 28.4 Å². The van der Waals surface area contributed by atoms with Crippen LogP contribution in [0.1, 0.15) is 27.7 Å². The highest BCUT2D eigenvalue weighted by molar-refractivity contribution is 7.99. The van der Waals surface area contributed by atoms with E-state index in [1.807, 2.05) is 29.2 Å². The van der Waals surface area contributed by atoms with Crippen molar-refractivity contribution >= 4 is 39.7 Å². The highest BCUT2D eigenvalue weighted by atomic mass is 32.2. The molecule has 3 rings (SSSR count). The lowest BCUT2D eigenvalue weighted by Crippen LogP contribution is -2.38. The fourth-order valence-electron chi connectivity index (χ4n) is 2.94. The Morgan fingerprint density at radius 1 is 1.12 bits per heavy atom. The predicted octanol–water partition coefficient (Wildman–Crippen LogP) is 3.74. The summed E-state index contributed by atoms with van der Waals surface area (Å²) in [4.78, 5) is 22.3. The van der Waals surface area contributed by atoms with Crippen molar-refractivity contribution in [2.45, 2.75) is 32.9 Å². The summed E-state index contributed by atoms with van der Waals surface area (Å²) >= 11 is 1.34. The molecule has 0 aliphatic rings. The maximum Gasteiger partial charge on any atom is 0.233 e. The van der Waals surface area contributed by atoms with E-state index in [4.69, 9.17) is 0 Å². The number of hydrogen-bond acceptors (Lipinski definition) is 5. The first-order valence-corrected chi connectivity index (χ1v) is 9.94. The third-order valence-corrected chi connectivity index (χ3v) is 4.77. The van der Waals surface area contributed by atoms with Crippen LogP contribution >= 0.6 is 11.8 Å². The van der Waals surface area contributed by atoms with Crippen molar-refractivity contribution in [2.24, 2.45) is 11.8 Å². The molecule has 0 aliphatic carbocycles. The average molecular weight is 372 g/mol. The van der Waals surface area contributed by atoms with Crippen molar-refractivity contribution in [3.63, 3.8) is 0 Å². The van der Waals surface area contributed by atoms with E-state index >= 15 is 0 Å². The second kappa shape index (κ2) is 8.03. The van der Waals surface area contributed by atoms with Gasteiger partial charge in [0.1, 0.15) is 5.52 Å². The first-order valence-electron chi connectivity index (χ1n) is 8.95. The van der Waals surface area contributed by atoms with Gasteiger partial charge < -0.3 is 9.88 Å². The lowest BCUT2D eigenvalue weighted by atomic mass is 10.1. The molecule has 0 unspecified atom stereocenters. The van der Waals surface area contributed by atoms with Gasteiger partial charge in [-0.25, -0.2) is 4.98 Å². The van der Waals surface area contributed by atoms with Gasteiger partial charge in [0.2, 0.25) is 11.1 Å². The molecule has 6 nitrogen and oxygen atoms in total. The maximum absolute atomic E-state index is 12.6. The van der Waals surface area contributed by atoms with Crippen LogP contribution in [-0.4, -0.2) is 49.8 Å². The molecule has 0 radical (unpaired) electrons. The minimum Gasteiger partial charge on any atom is -0.341 e. The quantitative estimate of drug-likeness (QED) is 0.640. The number of benzene rings is 1. The third kappa shape index (κ3) is 4.33. The minimum absolute atomic E-state index is 0.123. The molecule has 2 aromatic heterocycles. The third-order valence-electron chi connectivity index (χ3n) is 3.95. The summed E-state index contributed by atoms with van der Waals surface area (Å²) < 4.78 is 0. The molecule has 0 saturated carbocycles. The van der Waals surface area contributed by atoms with Crippen LogP contribution in [0.25, 0.3) is 22.1 Å². The van der Waals surface area contributed by atoms with Gasteiger partial charge in [-0.1, -0.05) is 57.7 Å². The summed E-state index contributed by atoms with van der Waals surface area (Å²) in [6.07, 6.45) is 0. The number of nitrogens with zero attached hydrogens (tertiary/aromatic N) is 4. The van der Waals surface area contributed by atoms with Crippen molar-refractivity contribution in [3.05, 3.63) is 24.3 Å². The Kier molecular flexibility index (Phi) is 5.76. The predicted molar refractivity (Wildman–Crippen MR) is 106 cm³/mol. The Balaban J connectivity index is 1.71. The fraction of sp³-hybridized carbons (Fsp3) is 0.474. The molecule has 26 heavy (non-hydrogen) atoms. The zero-order valence-electron chi connectivity index (χ0n) is 15.7. The zero-order valence-corrected chi connectivity index (χ0v) is 16.5. The van der Waals surface area contributed by atoms with E-state index < -0.39 is 0 Å². The largest absolute Gasteiger partial charge is 0.341 e. The number of aromatic amines is 1. The maximum atomic E-state index is 12.6. The Bertz CT molecular complexity index is 895. The van der Waals surface area contributed by atoms with Crippen LogP contribution in [0.15, 0.2) is 29.4 Å². The Morgan fingerprint density at radius 2 is 1.81 bits per heavy atom. The highest BCUT2D eigenvalue weighted by Gasteiger charge is 2.17. The first-order chi connectivity index (χ1) is 12.4. The average Bonchev–Trinajstić information content (AvgIpc) is 2.96. The van der Waals surface area contributed by atoms with Crippen LogP contribution in [0.3, 0.4) is 0 Å². The summed E-state index contributed by atoms with van der Waals surface area (Å²) in [6.45, 7) is 10.1. The second-order valence-corrected chi connectivity index (χ2v) is 8.28. The van der Waals surface area contributed by atoms with Crippen molar-refractivity contribution in [2.75, 3.05) is 18.8 Å². The molecule has 7 heteroatoms. The normalized spacial score (nSPS) is 11.8. The molecule has 1 aromatic carbocycles. The monoisotopic (exact) mass is 371 g/mol. The molecule has 0 spiro atoms. The number of aromatic nitrogens is 4. The number of hydrogen-bond donors (Lipinski definition) is 1. The number of carbonyl (C=O) groups excluding carboxylic acids is 1. The number of carbonyl (C=O) groups is 1. The van der Waals surface area contributed by atoms with Crippen molar-refractivity contribution < 1.29 is 4.79 Å². The second-order valence-electron chi connectivity index (χ2n) is 7.34. The van der Waals surface area contributed by atoms with E-state index in [0.717, 1.165) is 29.5 Å². The van der Waals surface area contributed by atoms with Crippen molar-refractivity contribution in [1.82, 2.24) is 25.1 Å². The Morgan fingerprint density at radius 3 is 2.50 bits per heavy atom. The van der Waals surface area contributed by atoms with Gasteiger partial charge in [-0.15, -0.1) is 10.2 Å². The molecule has 1 N–H and O–H groups in total. The van der Waals surface area contributed by atoms with Crippen LogP contribution in [0.5, 0.6) is 0 Å². The molecule has 2 heterocycles. The van der Waals surface area contributed by atoms with Gasteiger partial charge in [0, 0.05) is 24.0 Å². The lowest BCUT2D eigenvalue weighted by Gasteiger charge is -2.26. The molecular weight excluding hydrogens is 346 g/mol. The van der Waals surface area contributed by atoms with Gasteiger partial charge >= 0.3 is 0 Å². The molecular formula is C19H25N5OS. The van der Waals surface area contributed by atoms with Gasteiger partial charge in [-0.05, 0) is 17.9 Å². The van der Waals surface area contributed by atoms with Crippen molar-refractivity contribution in [3.8, 4) is 0 Å². The number of para-hydroxylation sites is 1. The summed E-state index contributed by atoms with van der Waals surface area (Å²) in [5, 5.41) is 10.0. The number of fused-ring (bicyclic) bond motifs is 3. The number of thioether (sulfide) groups is 1. The van der Waals surface area contributed by atoms with Gasteiger partial charge in [0.05, 0.1) is 5.75 Å². The summed E-state index contributed by atoms with van der Waals surface area (Å²) in [5.74, 6) is 1.34. The van der Waals surface area contributed by atoms with Gasteiger partial charge in [-0.3, -0.25) is 4.79 Å². The number of nitrogens with one attached hydrogen (secondary N) is 1. The van der Waals surface area contributed by atoms with E-state index in [2.05, 4.69) is 47.9 Å². The van der Waals surface area contributed by atoms with E-state index in [9.17, 15) is 4.79 Å². The zero-order chi connectivity index (χ0) is 18.7. The van der Waals surface area contributed by atoms with Gasteiger partial charge in [0.15, 0.2) is 5.65 Å². The highest BCUT2D eigenvalue weighted by Crippen LogP contribution is 2.23. The lowest BCUT2D eigenvalue weighted by molar-refractivity contribution is -0.129. The summed E-state index contributed by atoms with van der Waals surface area (Å²) in [7, 11) is 0. The SMILES string of the molecule is CC(C)CN(CC(C)C)C(=O)CSc1nnc2c(n1)[nH]c1ccccc12. The van der Waals surface area contributed by atoms with Crippen molar-refractivity contribution in [1.29, 1.82) is 0 Å². The van der Waals surface area contributed by atoms with Crippen LogP contribution < -0.4 is 0 Å². The Labute approximate surface area is 157 Å². The molecule has 0 bridgehead atoms. The number of H-pyrrole nitrogens is 1. The molecule has 0 saturated heterocycles. The van der Waals surface area contributed by atoms with Gasteiger partial charge in [0.25, 0.3) is 0 Å². The standard InChI is InChI=1S/C19H25N5OS/c1-12(2)9-24(10-13(3)4)16(25)11-26-19-21-18-17(22-23-19)14-7-5-6-8-15(14)20-18/h5-8,12-13H,9-11H2,1-4H3,(H,20,21,23). The molecule has 138 valence electrons. The van der Waals surface area contributed by atoms with E-state index in [1.54, 1.807) is 0 Å². The molecule has 0 aliphatic heterocycles. The van der Waals surface area contributed by atoms with Crippen LogP contribution in [-0.2, 0) is 4.79 Å². The fourth-order valence-corrected chi connectivity index (χ4v) is 3.63. The minimum atomic E-state index is 0.123. The van der Waals surface area contributed by atoms with E-state index in [-0.39, 0.29) is 5.91 Å². The van der Waals surface area contributed by atoms with Crippen LogP contribution in [0, 0.1) is 11.8 Å².